The van der Waals surface area contributed by atoms with Crippen LogP contribution >= 0.6 is 0 Å². The minimum atomic E-state index is -0.993. The van der Waals surface area contributed by atoms with E-state index in [2.05, 4.69) is 20.6 Å². The van der Waals surface area contributed by atoms with Gasteiger partial charge in [0.2, 0.25) is 0 Å². The van der Waals surface area contributed by atoms with Gasteiger partial charge in [-0.05, 0) is 18.9 Å². The van der Waals surface area contributed by atoms with Gasteiger partial charge >= 0.3 is 5.97 Å². The van der Waals surface area contributed by atoms with Crippen LogP contribution in [0.3, 0.4) is 0 Å². The molecule has 0 saturated heterocycles. The molecule has 2 heterocycles. The van der Waals surface area contributed by atoms with E-state index in [4.69, 9.17) is 5.11 Å². The van der Waals surface area contributed by atoms with Crippen LogP contribution in [0.5, 0.6) is 0 Å². The van der Waals surface area contributed by atoms with Crippen molar-refractivity contribution in [2.45, 2.75) is 25.3 Å². The summed E-state index contributed by atoms with van der Waals surface area (Å²) in [4.78, 5) is 22.5. The maximum absolute atomic E-state index is 11.9. The Morgan fingerprint density at radius 1 is 1.50 bits per heavy atom. The Morgan fingerprint density at radius 3 is 3.00 bits per heavy atom. The number of hydrogen-bond donors (Lipinski definition) is 3. The zero-order valence-electron chi connectivity index (χ0n) is 10.5. The number of rotatable bonds is 5. The fraction of sp³-hybridized carbons (Fsp3) is 0.333. The highest BCUT2D eigenvalue weighted by Crippen LogP contribution is 2.38. The highest BCUT2D eigenvalue weighted by Gasteiger charge is 2.26. The number of aliphatic carboxylic acids is 1. The second-order valence-electron chi connectivity index (χ2n) is 4.73. The molecule has 0 unspecified atom stereocenters. The topological polar surface area (TPSA) is 113 Å². The molecule has 0 radical (unpaired) electrons. The molecular formula is C12H13N5O3. The van der Waals surface area contributed by atoms with Crippen molar-refractivity contribution in [3.63, 3.8) is 0 Å². The van der Waals surface area contributed by atoms with Crippen LogP contribution < -0.4 is 5.32 Å². The zero-order chi connectivity index (χ0) is 14.1. The lowest BCUT2D eigenvalue weighted by molar-refractivity contribution is -0.137. The molecule has 3 rings (SSSR count). The number of carbonyl (C=O) groups is 2. The van der Waals surface area contributed by atoms with Gasteiger partial charge in [-0.15, -0.1) is 0 Å². The normalized spacial score (nSPS) is 14.2. The molecule has 0 atom stereocenters. The number of aromatic nitrogens is 4. The third-order valence-corrected chi connectivity index (χ3v) is 3.03. The van der Waals surface area contributed by atoms with Crippen molar-refractivity contribution < 1.29 is 14.7 Å². The number of aromatic amines is 1. The van der Waals surface area contributed by atoms with Crippen molar-refractivity contribution >= 4 is 17.7 Å². The number of anilines is 1. The highest BCUT2D eigenvalue weighted by atomic mass is 16.4. The third kappa shape index (κ3) is 2.68. The maximum Gasteiger partial charge on any atom is 0.325 e. The molecule has 1 aliphatic carbocycles. The lowest BCUT2D eigenvalue weighted by Gasteiger charge is -1.98. The number of hydrogen-bond acceptors (Lipinski definition) is 4. The van der Waals surface area contributed by atoms with E-state index < -0.39 is 5.97 Å². The van der Waals surface area contributed by atoms with Gasteiger partial charge in [0.15, 0.2) is 11.5 Å². The van der Waals surface area contributed by atoms with Crippen molar-refractivity contribution in [3.05, 3.63) is 29.7 Å². The van der Waals surface area contributed by atoms with E-state index in [1.807, 2.05) is 0 Å². The molecule has 1 amide bonds. The van der Waals surface area contributed by atoms with Gasteiger partial charge in [0.25, 0.3) is 5.91 Å². The van der Waals surface area contributed by atoms with Crippen LogP contribution in [0.4, 0.5) is 5.82 Å². The minimum Gasteiger partial charge on any atom is -0.480 e. The summed E-state index contributed by atoms with van der Waals surface area (Å²) in [5, 5.41) is 22.0. The zero-order valence-corrected chi connectivity index (χ0v) is 10.5. The summed E-state index contributed by atoms with van der Waals surface area (Å²) in [6, 6.07) is 3.27. The van der Waals surface area contributed by atoms with Gasteiger partial charge in [0, 0.05) is 23.9 Å². The minimum absolute atomic E-state index is 0.246. The van der Waals surface area contributed by atoms with Crippen LogP contribution in [0, 0.1) is 0 Å². The Hall–Kier alpha value is -2.64. The van der Waals surface area contributed by atoms with Gasteiger partial charge in [-0.25, -0.2) is 0 Å². The number of H-pyrrole nitrogens is 1. The Kier molecular flexibility index (Phi) is 2.97. The molecule has 1 saturated carbocycles. The van der Waals surface area contributed by atoms with Crippen LogP contribution in [-0.2, 0) is 11.3 Å². The second kappa shape index (κ2) is 4.80. The Morgan fingerprint density at radius 2 is 2.30 bits per heavy atom. The molecule has 2 aromatic heterocycles. The lowest BCUT2D eigenvalue weighted by atomic mass is 10.2. The van der Waals surface area contributed by atoms with E-state index in [0.29, 0.717) is 17.4 Å². The van der Waals surface area contributed by atoms with Gasteiger partial charge in [0.1, 0.15) is 6.54 Å². The second-order valence-corrected chi connectivity index (χ2v) is 4.73. The summed E-state index contributed by atoms with van der Waals surface area (Å²) < 4.78 is 1.23. The Bertz CT molecular complexity index is 656. The third-order valence-electron chi connectivity index (χ3n) is 3.03. The molecule has 8 nitrogen and oxygen atoms in total. The van der Waals surface area contributed by atoms with Crippen LogP contribution in [0.25, 0.3) is 0 Å². The first-order chi connectivity index (χ1) is 9.61. The van der Waals surface area contributed by atoms with Gasteiger partial charge in [-0.3, -0.25) is 19.4 Å². The average molecular weight is 275 g/mol. The van der Waals surface area contributed by atoms with Gasteiger partial charge in [-0.2, -0.15) is 10.2 Å². The molecule has 3 N–H and O–H groups in total. The number of nitrogens with one attached hydrogen (secondary N) is 2. The molecule has 2 aromatic rings. The molecule has 20 heavy (non-hydrogen) atoms. The number of carbonyl (C=O) groups excluding carboxylic acids is 1. The first-order valence-corrected chi connectivity index (χ1v) is 6.24. The molecule has 0 aliphatic heterocycles. The van der Waals surface area contributed by atoms with E-state index >= 15 is 0 Å². The standard InChI is InChI=1S/C12H13N5O3/c18-11(19)6-17-4-3-10(16-17)13-12(20)9-5-8(14-15-9)7-1-2-7/h3-5,7H,1-2,6H2,(H,14,15)(H,18,19)(H,13,16,20). The number of carboxylic acids is 1. The molecule has 1 fully saturated rings. The highest BCUT2D eigenvalue weighted by molar-refractivity contribution is 6.02. The van der Waals surface area contributed by atoms with Crippen LogP contribution in [0.2, 0.25) is 0 Å². The molecule has 0 spiro atoms. The van der Waals surface area contributed by atoms with Crippen molar-refractivity contribution in [2.24, 2.45) is 0 Å². The molecule has 0 bridgehead atoms. The maximum atomic E-state index is 11.9. The van der Waals surface area contributed by atoms with Gasteiger partial charge in [0.05, 0.1) is 0 Å². The predicted molar refractivity (Wildman–Crippen MR) is 68.4 cm³/mol. The summed E-state index contributed by atoms with van der Waals surface area (Å²) in [7, 11) is 0. The molecule has 0 aromatic carbocycles. The molecule has 1 aliphatic rings. The summed E-state index contributed by atoms with van der Waals surface area (Å²) in [5.41, 5.74) is 1.28. The fourth-order valence-corrected chi connectivity index (χ4v) is 1.89. The summed E-state index contributed by atoms with van der Waals surface area (Å²) in [6.07, 6.45) is 3.75. The fourth-order valence-electron chi connectivity index (χ4n) is 1.89. The van der Waals surface area contributed by atoms with E-state index in [0.717, 1.165) is 18.5 Å². The smallest absolute Gasteiger partial charge is 0.325 e. The quantitative estimate of drug-likeness (QED) is 0.747. The first-order valence-electron chi connectivity index (χ1n) is 6.24. The molecule has 104 valence electrons. The van der Waals surface area contributed by atoms with E-state index in [1.165, 1.54) is 16.9 Å². The first kappa shape index (κ1) is 12.4. The average Bonchev–Trinajstić information content (AvgIpc) is 2.96. The van der Waals surface area contributed by atoms with Crippen molar-refractivity contribution in [3.8, 4) is 0 Å². The Balaban J connectivity index is 1.65. The van der Waals surface area contributed by atoms with E-state index in [9.17, 15) is 9.59 Å². The van der Waals surface area contributed by atoms with Crippen LogP contribution in [-0.4, -0.2) is 37.0 Å². The van der Waals surface area contributed by atoms with Crippen molar-refractivity contribution in [2.75, 3.05) is 5.32 Å². The predicted octanol–water partition coefficient (Wildman–Crippen LogP) is 0.820. The molecular weight excluding hydrogens is 262 g/mol. The van der Waals surface area contributed by atoms with Crippen molar-refractivity contribution in [1.29, 1.82) is 0 Å². The molecule has 8 heteroatoms. The summed E-state index contributed by atoms with van der Waals surface area (Å²) in [6.45, 7) is -0.246. The number of nitrogens with zero attached hydrogens (tertiary/aromatic N) is 3. The lowest BCUT2D eigenvalue weighted by Crippen LogP contribution is -2.14. The van der Waals surface area contributed by atoms with Crippen LogP contribution in [0.15, 0.2) is 18.3 Å². The Labute approximate surface area is 113 Å². The number of carboxylic acid groups (broad SMARTS) is 1. The summed E-state index contributed by atoms with van der Waals surface area (Å²) in [5.74, 6) is -0.563. The SMILES string of the molecule is O=C(O)Cn1ccc(NC(=O)c2cc(C3CC3)[nH]n2)n1. The monoisotopic (exact) mass is 275 g/mol. The van der Waals surface area contributed by atoms with Gasteiger partial charge < -0.3 is 10.4 Å². The van der Waals surface area contributed by atoms with Gasteiger partial charge in [-0.1, -0.05) is 0 Å². The largest absolute Gasteiger partial charge is 0.480 e. The summed E-state index contributed by atoms with van der Waals surface area (Å²) >= 11 is 0. The van der Waals surface area contributed by atoms with E-state index in [1.54, 1.807) is 6.07 Å². The number of amides is 1. The van der Waals surface area contributed by atoms with E-state index in [-0.39, 0.29) is 12.5 Å². The van der Waals surface area contributed by atoms with Crippen molar-refractivity contribution in [1.82, 2.24) is 20.0 Å². The van der Waals surface area contributed by atoms with Crippen LogP contribution in [0.1, 0.15) is 34.9 Å².